The predicted molar refractivity (Wildman–Crippen MR) is 129 cm³/mol. The molecule has 1 aromatic carbocycles. The average molecular weight is 466 g/mol. The number of hydrogen-bond donors (Lipinski definition) is 2. The molecule has 2 N–H and O–H groups in total. The number of pyridine rings is 1. The molecule has 2 saturated heterocycles. The maximum atomic E-state index is 12.4. The van der Waals surface area contributed by atoms with Crippen LogP contribution >= 0.6 is 0 Å². The molecule has 5 rings (SSSR count). The van der Waals surface area contributed by atoms with Crippen LogP contribution in [0.4, 0.5) is 11.5 Å². The first-order chi connectivity index (χ1) is 16.5. The molecule has 1 aliphatic carbocycles. The SMILES string of the molecule is O=C(O)c1cc(N2CCN(CC(=O)N3CCCC3)CC2)nc2ccc(NC(=O)C3CCC3)cc12. The number of carboxylic acids is 1. The van der Waals surface area contributed by atoms with Crippen molar-refractivity contribution < 1.29 is 19.5 Å². The third kappa shape index (κ3) is 4.70. The van der Waals surface area contributed by atoms with Crippen LogP contribution in [0.5, 0.6) is 0 Å². The summed E-state index contributed by atoms with van der Waals surface area (Å²) in [5, 5.41) is 13.3. The summed E-state index contributed by atoms with van der Waals surface area (Å²) in [5.74, 6) is -0.150. The number of likely N-dealkylation sites (tertiary alicyclic amines) is 1. The summed E-state index contributed by atoms with van der Waals surface area (Å²) in [6.45, 7) is 4.99. The third-order valence-electron chi connectivity index (χ3n) is 7.28. The second kappa shape index (κ2) is 9.58. The van der Waals surface area contributed by atoms with Crippen molar-refractivity contribution in [1.29, 1.82) is 0 Å². The summed E-state index contributed by atoms with van der Waals surface area (Å²) in [7, 11) is 0. The van der Waals surface area contributed by atoms with Gasteiger partial charge in [0, 0.05) is 56.3 Å². The van der Waals surface area contributed by atoms with Crippen LogP contribution in [0.15, 0.2) is 24.3 Å². The Labute approximate surface area is 198 Å². The Balaban J connectivity index is 1.29. The van der Waals surface area contributed by atoms with Gasteiger partial charge in [-0.2, -0.15) is 0 Å². The molecule has 0 atom stereocenters. The van der Waals surface area contributed by atoms with E-state index < -0.39 is 5.97 Å². The lowest BCUT2D eigenvalue weighted by atomic mass is 9.85. The number of rotatable bonds is 6. The number of aromatic nitrogens is 1. The van der Waals surface area contributed by atoms with Crippen molar-refractivity contribution >= 4 is 40.2 Å². The van der Waals surface area contributed by atoms with Crippen LogP contribution < -0.4 is 10.2 Å². The average Bonchev–Trinajstić information content (AvgIpc) is 3.33. The van der Waals surface area contributed by atoms with Gasteiger partial charge in [-0.25, -0.2) is 9.78 Å². The quantitative estimate of drug-likeness (QED) is 0.675. The van der Waals surface area contributed by atoms with Crippen molar-refractivity contribution in [2.24, 2.45) is 5.92 Å². The van der Waals surface area contributed by atoms with Gasteiger partial charge < -0.3 is 20.2 Å². The minimum Gasteiger partial charge on any atom is -0.478 e. The molecular weight excluding hydrogens is 434 g/mol. The summed E-state index contributed by atoms with van der Waals surface area (Å²) in [6, 6.07) is 6.87. The summed E-state index contributed by atoms with van der Waals surface area (Å²) >= 11 is 0. The number of nitrogens with one attached hydrogen (secondary N) is 1. The number of aromatic carboxylic acids is 1. The molecule has 2 amide bonds. The normalized spacial score (nSPS) is 19.3. The highest BCUT2D eigenvalue weighted by molar-refractivity contribution is 6.05. The van der Waals surface area contributed by atoms with Gasteiger partial charge in [0.15, 0.2) is 0 Å². The number of piperazine rings is 1. The van der Waals surface area contributed by atoms with E-state index in [0.717, 1.165) is 58.3 Å². The standard InChI is InChI=1S/C25H31N5O4/c31-23(30-8-1-2-9-30)16-28-10-12-29(13-11-28)22-15-20(25(33)34)19-14-18(6-7-21(19)27-22)26-24(32)17-4-3-5-17/h6-7,14-15,17H,1-5,8-13,16H2,(H,26,32)(H,33,34). The number of amides is 2. The number of hydrogen-bond acceptors (Lipinski definition) is 6. The number of benzene rings is 1. The molecule has 34 heavy (non-hydrogen) atoms. The molecule has 0 unspecified atom stereocenters. The van der Waals surface area contributed by atoms with Gasteiger partial charge >= 0.3 is 5.97 Å². The molecule has 9 heteroatoms. The van der Waals surface area contributed by atoms with Crippen LogP contribution in [0, 0.1) is 5.92 Å². The lowest BCUT2D eigenvalue weighted by molar-refractivity contribution is -0.131. The van der Waals surface area contributed by atoms with Crippen molar-refractivity contribution in [1.82, 2.24) is 14.8 Å². The monoisotopic (exact) mass is 465 g/mol. The number of nitrogens with zero attached hydrogens (tertiary/aromatic N) is 4. The van der Waals surface area contributed by atoms with Crippen molar-refractivity contribution in [3.05, 3.63) is 29.8 Å². The fourth-order valence-electron chi connectivity index (χ4n) is 4.94. The molecule has 2 aromatic rings. The van der Waals surface area contributed by atoms with Gasteiger partial charge in [-0.3, -0.25) is 14.5 Å². The fourth-order valence-corrected chi connectivity index (χ4v) is 4.94. The Bertz CT molecular complexity index is 1100. The highest BCUT2D eigenvalue weighted by atomic mass is 16.4. The summed E-state index contributed by atoms with van der Waals surface area (Å²) in [5.41, 5.74) is 1.35. The zero-order chi connectivity index (χ0) is 23.7. The predicted octanol–water partition coefficient (Wildman–Crippen LogP) is 2.42. The molecule has 0 radical (unpaired) electrons. The van der Waals surface area contributed by atoms with Crippen molar-refractivity contribution in [2.75, 3.05) is 56.0 Å². The first kappa shape index (κ1) is 22.6. The minimum atomic E-state index is -1.02. The van der Waals surface area contributed by atoms with Crippen LogP contribution in [0.3, 0.4) is 0 Å². The zero-order valence-corrected chi connectivity index (χ0v) is 19.3. The molecule has 180 valence electrons. The molecule has 3 aliphatic rings. The maximum absolute atomic E-state index is 12.4. The molecule has 0 spiro atoms. The van der Waals surface area contributed by atoms with E-state index in [1.807, 2.05) is 4.90 Å². The number of anilines is 2. The lowest BCUT2D eigenvalue weighted by Gasteiger charge is -2.35. The van der Waals surface area contributed by atoms with Crippen LogP contribution in [-0.2, 0) is 9.59 Å². The highest BCUT2D eigenvalue weighted by Gasteiger charge is 2.26. The molecule has 0 bridgehead atoms. The lowest BCUT2D eigenvalue weighted by Crippen LogP contribution is -2.50. The first-order valence-corrected chi connectivity index (χ1v) is 12.2. The van der Waals surface area contributed by atoms with Crippen LogP contribution in [0.1, 0.15) is 42.5 Å². The van der Waals surface area contributed by atoms with E-state index in [4.69, 9.17) is 4.98 Å². The smallest absolute Gasteiger partial charge is 0.336 e. The molecule has 3 fully saturated rings. The van der Waals surface area contributed by atoms with E-state index in [2.05, 4.69) is 15.1 Å². The van der Waals surface area contributed by atoms with E-state index in [0.29, 0.717) is 42.0 Å². The van der Waals surface area contributed by atoms with E-state index in [9.17, 15) is 19.5 Å². The van der Waals surface area contributed by atoms with Crippen LogP contribution in [-0.4, -0.2) is 83.5 Å². The fraction of sp³-hybridized carbons (Fsp3) is 0.520. The first-order valence-electron chi connectivity index (χ1n) is 12.2. The number of carbonyl (C=O) groups is 3. The largest absolute Gasteiger partial charge is 0.478 e. The van der Waals surface area contributed by atoms with Crippen molar-refractivity contribution in [2.45, 2.75) is 32.1 Å². The van der Waals surface area contributed by atoms with Gasteiger partial charge in [0.05, 0.1) is 17.6 Å². The van der Waals surface area contributed by atoms with Gasteiger partial charge in [-0.1, -0.05) is 6.42 Å². The van der Waals surface area contributed by atoms with E-state index in [1.165, 1.54) is 0 Å². The molecule has 9 nitrogen and oxygen atoms in total. The van der Waals surface area contributed by atoms with E-state index >= 15 is 0 Å². The topological polar surface area (TPSA) is 106 Å². The third-order valence-corrected chi connectivity index (χ3v) is 7.28. The Hall–Kier alpha value is -3.20. The van der Waals surface area contributed by atoms with Gasteiger partial charge in [0.25, 0.3) is 0 Å². The number of carboxylic acid groups (broad SMARTS) is 1. The van der Waals surface area contributed by atoms with E-state index in [-0.39, 0.29) is 23.3 Å². The molecular formula is C25H31N5O4. The molecule has 2 aliphatic heterocycles. The van der Waals surface area contributed by atoms with Gasteiger partial charge in [-0.05, 0) is 49.9 Å². The van der Waals surface area contributed by atoms with Crippen LogP contribution in [0.2, 0.25) is 0 Å². The maximum Gasteiger partial charge on any atom is 0.336 e. The van der Waals surface area contributed by atoms with Crippen molar-refractivity contribution in [3.8, 4) is 0 Å². The number of carbonyl (C=O) groups excluding carboxylic acids is 2. The van der Waals surface area contributed by atoms with Gasteiger partial charge in [-0.15, -0.1) is 0 Å². The molecule has 1 saturated carbocycles. The Morgan fingerprint density at radius 3 is 2.35 bits per heavy atom. The Kier molecular flexibility index (Phi) is 6.36. The number of fused-ring (bicyclic) bond motifs is 1. The molecule has 1 aromatic heterocycles. The summed E-state index contributed by atoms with van der Waals surface area (Å²) in [6.07, 6.45) is 5.07. The minimum absolute atomic E-state index is 0.00635. The Morgan fingerprint density at radius 1 is 0.971 bits per heavy atom. The van der Waals surface area contributed by atoms with Crippen LogP contribution in [0.25, 0.3) is 10.9 Å². The second-order valence-electron chi connectivity index (χ2n) is 9.53. The zero-order valence-electron chi connectivity index (χ0n) is 19.3. The van der Waals surface area contributed by atoms with Gasteiger partial charge in [0.2, 0.25) is 11.8 Å². The highest BCUT2D eigenvalue weighted by Crippen LogP contribution is 2.30. The van der Waals surface area contributed by atoms with E-state index in [1.54, 1.807) is 24.3 Å². The van der Waals surface area contributed by atoms with Crippen molar-refractivity contribution in [3.63, 3.8) is 0 Å². The summed E-state index contributed by atoms with van der Waals surface area (Å²) < 4.78 is 0. The Morgan fingerprint density at radius 2 is 1.71 bits per heavy atom. The van der Waals surface area contributed by atoms with Gasteiger partial charge in [0.1, 0.15) is 5.82 Å². The molecule has 3 heterocycles. The summed E-state index contributed by atoms with van der Waals surface area (Å²) in [4.78, 5) is 47.7. The second-order valence-corrected chi connectivity index (χ2v) is 9.53.